The summed E-state index contributed by atoms with van der Waals surface area (Å²) >= 11 is 0.937. The van der Waals surface area contributed by atoms with E-state index < -0.39 is 40.8 Å². The number of hydrogen-bond donors (Lipinski definition) is 1. The fourth-order valence-corrected chi connectivity index (χ4v) is 2.17. The van der Waals surface area contributed by atoms with Gasteiger partial charge in [0.2, 0.25) is 5.82 Å². The second kappa shape index (κ2) is 4.66. The van der Waals surface area contributed by atoms with Crippen LogP contribution in [0.4, 0.5) is 22.0 Å². The molecule has 0 bridgehead atoms. The second-order valence-corrected chi connectivity index (χ2v) is 4.38. The minimum absolute atomic E-state index is 0.0817. The van der Waals surface area contributed by atoms with Crippen LogP contribution in [-0.2, 0) is 0 Å². The van der Waals surface area contributed by atoms with Crippen molar-refractivity contribution in [1.29, 1.82) is 0 Å². The van der Waals surface area contributed by atoms with E-state index >= 15 is 0 Å². The lowest BCUT2D eigenvalue weighted by Crippen LogP contribution is -2.11. The van der Waals surface area contributed by atoms with Crippen molar-refractivity contribution in [2.45, 2.75) is 6.10 Å². The first kappa shape index (κ1) is 13.0. The second-order valence-electron chi connectivity index (χ2n) is 3.40. The quantitative estimate of drug-likeness (QED) is 0.507. The Morgan fingerprint density at radius 2 is 1.39 bits per heavy atom. The van der Waals surface area contributed by atoms with E-state index in [2.05, 4.69) is 0 Å². The summed E-state index contributed by atoms with van der Waals surface area (Å²) in [5, 5.41) is 11.2. The van der Waals surface area contributed by atoms with Crippen molar-refractivity contribution in [2.24, 2.45) is 0 Å². The van der Waals surface area contributed by atoms with Crippen LogP contribution in [0.1, 0.15) is 16.5 Å². The minimum atomic E-state index is -2.24. The molecular weight excluding hydrogens is 275 g/mol. The maximum atomic E-state index is 13.4. The minimum Gasteiger partial charge on any atom is -0.383 e. The van der Waals surface area contributed by atoms with Gasteiger partial charge in [-0.2, -0.15) is 0 Å². The van der Waals surface area contributed by atoms with Gasteiger partial charge in [-0.3, -0.25) is 0 Å². The van der Waals surface area contributed by atoms with Gasteiger partial charge < -0.3 is 5.11 Å². The van der Waals surface area contributed by atoms with Crippen molar-refractivity contribution in [3.8, 4) is 0 Å². The van der Waals surface area contributed by atoms with Gasteiger partial charge in [-0.25, -0.2) is 22.0 Å². The van der Waals surface area contributed by atoms with Gasteiger partial charge in [0.1, 0.15) is 6.10 Å². The van der Waals surface area contributed by atoms with E-state index in [-0.39, 0.29) is 4.88 Å². The van der Waals surface area contributed by atoms with E-state index in [4.69, 9.17) is 0 Å². The third-order valence-corrected chi connectivity index (χ3v) is 3.25. The summed E-state index contributed by atoms with van der Waals surface area (Å²) in [7, 11) is 0. The molecule has 0 fully saturated rings. The Labute approximate surface area is 102 Å². The first-order valence-electron chi connectivity index (χ1n) is 4.68. The molecule has 0 aliphatic heterocycles. The molecule has 1 N–H and O–H groups in total. The first-order chi connectivity index (χ1) is 8.45. The SMILES string of the molecule is O[C@@H](c1cccs1)c1c(F)c(F)c(F)c(F)c1F. The summed E-state index contributed by atoms with van der Waals surface area (Å²) in [6.07, 6.45) is -1.89. The Kier molecular flexibility index (Phi) is 3.36. The molecule has 0 radical (unpaired) electrons. The van der Waals surface area contributed by atoms with Crippen molar-refractivity contribution in [2.75, 3.05) is 0 Å². The van der Waals surface area contributed by atoms with Crippen LogP contribution >= 0.6 is 11.3 Å². The van der Waals surface area contributed by atoms with Gasteiger partial charge in [0, 0.05) is 4.88 Å². The molecule has 1 nitrogen and oxygen atoms in total. The predicted molar refractivity (Wildman–Crippen MR) is 54.6 cm³/mol. The highest BCUT2D eigenvalue weighted by Gasteiger charge is 2.30. The Hall–Kier alpha value is -1.47. The summed E-state index contributed by atoms with van der Waals surface area (Å²) in [6, 6.07) is 2.81. The third kappa shape index (κ3) is 1.89. The van der Waals surface area contributed by atoms with Gasteiger partial charge in [-0.1, -0.05) is 6.07 Å². The van der Waals surface area contributed by atoms with Crippen molar-refractivity contribution in [3.05, 3.63) is 57.0 Å². The zero-order chi connectivity index (χ0) is 13.4. The number of rotatable bonds is 2. The zero-order valence-corrected chi connectivity index (χ0v) is 9.37. The molecule has 0 saturated carbocycles. The number of aliphatic hydroxyl groups is 1. The van der Waals surface area contributed by atoms with E-state index in [0.29, 0.717) is 0 Å². The molecule has 2 aromatic rings. The topological polar surface area (TPSA) is 20.2 Å². The van der Waals surface area contributed by atoms with E-state index in [1.807, 2.05) is 0 Å². The Morgan fingerprint density at radius 3 is 1.83 bits per heavy atom. The maximum Gasteiger partial charge on any atom is 0.200 e. The number of thiophene rings is 1. The highest BCUT2D eigenvalue weighted by atomic mass is 32.1. The van der Waals surface area contributed by atoms with Gasteiger partial charge >= 0.3 is 0 Å². The van der Waals surface area contributed by atoms with E-state index in [0.717, 1.165) is 11.3 Å². The highest BCUT2D eigenvalue weighted by Crippen LogP contribution is 2.32. The number of aliphatic hydroxyl groups excluding tert-OH is 1. The molecule has 0 amide bonds. The van der Waals surface area contributed by atoms with Crippen molar-refractivity contribution >= 4 is 11.3 Å². The number of benzene rings is 1. The molecule has 0 saturated heterocycles. The number of halogens is 5. The van der Waals surface area contributed by atoms with Crippen molar-refractivity contribution < 1.29 is 27.1 Å². The van der Waals surface area contributed by atoms with Crippen LogP contribution in [0.5, 0.6) is 0 Å². The molecule has 0 unspecified atom stereocenters. The Bertz CT molecular complexity index is 553. The third-order valence-electron chi connectivity index (χ3n) is 2.33. The molecule has 7 heteroatoms. The van der Waals surface area contributed by atoms with Crippen LogP contribution in [0.15, 0.2) is 17.5 Å². The highest BCUT2D eigenvalue weighted by molar-refractivity contribution is 7.10. The summed E-state index contributed by atoms with van der Waals surface area (Å²) in [5.74, 6) is -10.4. The van der Waals surface area contributed by atoms with Crippen LogP contribution in [0, 0.1) is 29.1 Å². The molecule has 1 aromatic heterocycles. The number of hydrogen-bond acceptors (Lipinski definition) is 2. The Balaban J connectivity index is 2.65. The molecule has 1 aromatic carbocycles. The lowest BCUT2D eigenvalue weighted by atomic mass is 10.1. The van der Waals surface area contributed by atoms with E-state index in [9.17, 15) is 27.1 Å². The van der Waals surface area contributed by atoms with E-state index in [1.54, 1.807) is 0 Å². The molecule has 0 spiro atoms. The van der Waals surface area contributed by atoms with Crippen LogP contribution < -0.4 is 0 Å². The molecule has 0 aliphatic rings. The van der Waals surface area contributed by atoms with Crippen LogP contribution in [0.2, 0.25) is 0 Å². The first-order valence-corrected chi connectivity index (χ1v) is 5.56. The maximum absolute atomic E-state index is 13.4. The molecule has 1 heterocycles. The molecule has 2 rings (SSSR count). The lowest BCUT2D eigenvalue weighted by Gasteiger charge is -2.12. The van der Waals surface area contributed by atoms with Crippen molar-refractivity contribution in [3.63, 3.8) is 0 Å². The molecule has 1 atom stereocenters. The van der Waals surface area contributed by atoms with Gasteiger partial charge in [-0.05, 0) is 11.4 Å². The molecule has 18 heavy (non-hydrogen) atoms. The molecular formula is C11H5F5OS. The lowest BCUT2D eigenvalue weighted by molar-refractivity contribution is 0.206. The van der Waals surface area contributed by atoms with Gasteiger partial charge in [0.15, 0.2) is 23.3 Å². The smallest absolute Gasteiger partial charge is 0.200 e. The summed E-state index contributed by atoms with van der Waals surface area (Å²) in [4.78, 5) is 0.0817. The fraction of sp³-hybridized carbons (Fsp3) is 0.0909. The average molecular weight is 280 g/mol. The molecule has 0 aliphatic carbocycles. The van der Waals surface area contributed by atoms with Gasteiger partial charge in [0.05, 0.1) is 5.56 Å². The fourth-order valence-electron chi connectivity index (χ4n) is 1.45. The standard InChI is InChI=1S/C11H5F5OS/c12-6-5(11(17)4-2-1-3-18-4)7(13)9(15)10(16)8(6)14/h1-3,11,17H/t11-/m0/s1. The predicted octanol–water partition coefficient (Wildman–Crippen LogP) is 3.53. The van der Waals surface area contributed by atoms with Crippen LogP contribution in [0.3, 0.4) is 0 Å². The van der Waals surface area contributed by atoms with Gasteiger partial charge in [-0.15, -0.1) is 11.3 Å². The monoisotopic (exact) mass is 280 g/mol. The van der Waals surface area contributed by atoms with Crippen LogP contribution in [0.25, 0.3) is 0 Å². The normalized spacial score (nSPS) is 12.8. The zero-order valence-electron chi connectivity index (χ0n) is 8.55. The summed E-state index contributed by atoms with van der Waals surface area (Å²) in [6.45, 7) is 0. The van der Waals surface area contributed by atoms with Crippen LogP contribution in [-0.4, -0.2) is 5.11 Å². The summed E-state index contributed by atoms with van der Waals surface area (Å²) < 4.78 is 65.4. The average Bonchev–Trinajstić information content (AvgIpc) is 2.88. The largest absolute Gasteiger partial charge is 0.383 e. The van der Waals surface area contributed by atoms with Crippen molar-refractivity contribution in [1.82, 2.24) is 0 Å². The van der Waals surface area contributed by atoms with Gasteiger partial charge in [0.25, 0.3) is 0 Å². The Morgan fingerprint density at radius 1 is 0.889 bits per heavy atom. The summed E-state index contributed by atoms with van der Waals surface area (Å²) in [5.41, 5.74) is -1.24. The molecule has 96 valence electrons. The van der Waals surface area contributed by atoms with E-state index in [1.165, 1.54) is 17.5 Å².